The van der Waals surface area contributed by atoms with E-state index in [1.807, 2.05) is 36.7 Å². The van der Waals surface area contributed by atoms with Gasteiger partial charge in [0.1, 0.15) is 6.10 Å². The average Bonchev–Trinajstić information content (AvgIpc) is 2.46. The first kappa shape index (κ1) is 12.9. The fourth-order valence-corrected chi connectivity index (χ4v) is 2.37. The highest BCUT2D eigenvalue weighted by Gasteiger charge is 2.28. The van der Waals surface area contributed by atoms with Crippen LogP contribution in [0.5, 0.6) is 11.5 Å². The summed E-state index contributed by atoms with van der Waals surface area (Å²) in [6.07, 6.45) is 3.91. The van der Waals surface area contributed by atoms with Crippen molar-refractivity contribution in [2.75, 3.05) is 20.2 Å². The van der Waals surface area contributed by atoms with Gasteiger partial charge in [-0.3, -0.25) is 9.88 Å². The van der Waals surface area contributed by atoms with Crippen molar-refractivity contribution in [2.24, 2.45) is 0 Å². The number of benzene rings is 1. The Balaban J connectivity index is 1.51. The molecule has 0 atom stereocenters. The number of para-hydroxylation sites is 2. The number of ether oxygens (including phenoxy) is 2. The van der Waals surface area contributed by atoms with Crippen molar-refractivity contribution in [3.8, 4) is 11.5 Å². The molecule has 0 unspecified atom stereocenters. The Kier molecular flexibility index (Phi) is 3.83. The molecule has 2 heterocycles. The van der Waals surface area contributed by atoms with Crippen molar-refractivity contribution in [3.63, 3.8) is 0 Å². The lowest BCUT2D eigenvalue weighted by atomic mass is 10.1. The highest BCUT2D eigenvalue weighted by molar-refractivity contribution is 5.39. The molecule has 0 amide bonds. The molecule has 0 aliphatic carbocycles. The standard InChI is InChI=1S/C16H18N2O2/c1-19-15-4-2-3-5-16(15)20-14-11-18(12-14)10-13-6-8-17-9-7-13/h2-9,14H,10-12H2,1H3. The summed E-state index contributed by atoms with van der Waals surface area (Å²) in [5.74, 6) is 1.61. The number of hydrogen-bond acceptors (Lipinski definition) is 4. The van der Waals surface area contributed by atoms with E-state index in [0.717, 1.165) is 31.1 Å². The van der Waals surface area contributed by atoms with Gasteiger partial charge in [0.25, 0.3) is 0 Å². The van der Waals surface area contributed by atoms with Gasteiger partial charge < -0.3 is 9.47 Å². The summed E-state index contributed by atoms with van der Waals surface area (Å²) in [4.78, 5) is 6.39. The Morgan fingerprint density at radius 2 is 1.80 bits per heavy atom. The van der Waals surface area contributed by atoms with Gasteiger partial charge in [-0.2, -0.15) is 0 Å². The molecule has 1 aliphatic heterocycles. The number of aromatic nitrogens is 1. The number of likely N-dealkylation sites (tertiary alicyclic amines) is 1. The molecular formula is C16H18N2O2. The van der Waals surface area contributed by atoms with Crippen LogP contribution in [0.25, 0.3) is 0 Å². The lowest BCUT2D eigenvalue weighted by Gasteiger charge is -2.39. The predicted molar refractivity (Wildman–Crippen MR) is 76.9 cm³/mol. The minimum Gasteiger partial charge on any atom is -0.493 e. The van der Waals surface area contributed by atoms with Gasteiger partial charge in [0, 0.05) is 32.0 Å². The summed E-state index contributed by atoms with van der Waals surface area (Å²) >= 11 is 0. The molecule has 0 bridgehead atoms. The number of nitrogens with zero attached hydrogens (tertiary/aromatic N) is 2. The molecule has 104 valence electrons. The predicted octanol–water partition coefficient (Wildman–Crippen LogP) is 2.35. The van der Waals surface area contributed by atoms with Gasteiger partial charge >= 0.3 is 0 Å². The third-order valence-electron chi connectivity index (χ3n) is 3.44. The zero-order chi connectivity index (χ0) is 13.8. The van der Waals surface area contributed by atoms with Gasteiger partial charge in [0.2, 0.25) is 0 Å². The molecule has 1 aromatic heterocycles. The maximum atomic E-state index is 5.96. The second-order valence-corrected chi connectivity index (χ2v) is 4.94. The molecule has 20 heavy (non-hydrogen) atoms. The van der Waals surface area contributed by atoms with Crippen LogP contribution in [-0.2, 0) is 6.54 Å². The summed E-state index contributed by atoms with van der Waals surface area (Å²) in [7, 11) is 1.67. The van der Waals surface area contributed by atoms with E-state index in [0.29, 0.717) is 0 Å². The molecule has 0 saturated carbocycles. The van der Waals surface area contributed by atoms with Gasteiger partial charge in [-0.1, -0.05) is 12.1 Å². The Morgan fingerprint density at radius 3 is 2.50 bits per heavy atom. The zero-order valence-electron chi connectivity index (χ0n) is 11.5. The first-order valence-electron chi connectivity index (χ1n) is 6.76. The first-order valence-corrected chi connectivity index (χ1v) is 6.76. The normalized spacial score (nSPS) is 15.7. The van der Waals surface area contributed by atoms with E-state index in [-0.39, 0.29) is 6.10 Å². The van der Waals surface area contributed by atoms with E-state index in [1.54, 1.807) is 7.11 Å². The highest BCUT2D eigenvalue weighted by Crippen LogP contribution is 2.28. The molecule has 1 saturated heterocycles. The van der Waals surface area contributed by atoms with Gasteiger partial charge in [0.05, 0.1) is 7.11 Å². The lowest BCUT2D eigenvalue weighted by molar-refractivity contribution is 0.0131. The van der Waals surface area contributed by atoms with E-state index >= 15 is 0 Å². The monoisotopic (exact) mass is 270 g/mol. The zero-order valence-corrected chi connectivity index (χ0v) is 11.5. The Labute approximate surface area is 119 Å². The van der Waals surface area contributed by atoms with Crippen LogP contribution in [0.15, 0.2) is 48.8 Å². The molecule has 1 fully saturated rings. The molecule has 2 aromatic rings. The lowest BCUT2D eigenvalue weighted by Crippen LogP contribution is -2.53. The van der Waals surface area contributed by atoms with Crippen LogP contribution in [0.3, 0.4) is 0 Å². The summed E-state index contributed by atoms with van der Waals surface area (Å²) in [5.41, 5.74) is 1.29. The van der Waals surface area contributed by atoms with Gasteiger partial charge in [-0.15, -0.1) is 0 Å². The first-order chi connectivity index (χ1) is 9.85. The Morgan fingerprint density at radius 1 is 1.10 bits per heavy atom. The number of pyridine rings is 1. The maximum Gasteiger partial charge on any atom is 0.161 e. The Hall–Kier alpha value is -2.07. The summed E-state index contributed by atoms with van der Waals surface area (Å²) in [6, 6.07) is 11.9. The molecule has 3 rings (SSSR count). The van der Waals surface area contributed by atoms with Crippen molar-refractivity contribution >= 4 is 0 Å². The molecular weight excluding hydrogens is 252 g/mol. The second kappa shape index (κ2) is 5.92. The van der Waals surface area contributed by atoms with E-state index in [1.165, 1.54) is 5.56 Å². The number of methoxy groups -OCH3 is 1. The largest absolute Gasteiger partial charge is 0.493 e. The highest BCUT2D eigenvalue weighted by atomic mass is 16.5. The SMILES string of the molecule is COc1ccccc1OC1CN(Cc2ccncc2)C1. The van der Waals surface area contributed by atoms with Crippen LogP contribution in [0.1, 0.15) is 5.56 Å². The van der Waals surface area contributed by atoms with E-state index < -0.39 is 0 Å². The van der Waals surface area contributed by atoms with Crippen LogP contribution >= 0.6 is 0 Å². The summed E-state index contributed by atoms with van der Waals surface area (Å²) < 4.78 is 11.3. The van der Waals surface area contributed by atoms with Crippen LogP contribution < -0.4 is 9.47 Å². The minimum atomic E-state index is 0.244. The van der Waals surface area contributed by atoms with E-state index in [4.69, 9.17) is 9.47 Å². The van der Waals surface area contributed by atoms with E-state index in [2.05, 4.69) is 22.0 Å². The van der Waals surface area contributed by atoms with Crippen LogP contribution in [-0.4, -0.2) is 36.2 Å². The van der Waals surface area contributed by atoms with Crippen molar-refractivity contribution in [2.45, 2.75) is 12.6 Å². The van der Waals surface area contributed by atoms with Crippen molar-refractivity contribution in [1.82, 2.24) is 9.88 Å². The molecule has 0 N–H and O–H groups in total. The van der Waals surface area contributed by atoms with Crippen molar-refractivity contribution in [1.29, 1.82) is 0 Å². The topological polar surface area (TPSA) is 34.6 Å². The van der Waals surface area contributed by atoms with Crippen LogP contribution in [0.2, 0.25) is 0 Å². The van der Waals surface area contributed by atoms with Gasteiger partial charge in [-0.25, -0.2) is 0 Å². The molecule has 0 radical (unpaired) electrons. The molecule has 4 nitrogen and oxygen atoms in total. The fraction of sp³-hybridized carbons (Fsp3) is 0.312. The van der Waals surface area contributed by atoms with Gasteiger partial charge in [-0.05, 0) is 29.8 Å². The molecule has 4 heteroatoms. The summed E-state index contributed by atoms with van der Waals surface area (Å²) in [5, 5.41) is 0. The average molecular weight is 270 g/mol. The van der Waals surface area contributed by atoms with Crippen molar-refractivity contribution < 1.29 is 9.47 Å². The second-order valence-electron chi connectivity index (χ2n) is 4.94. The smallest absolute Gasteiger partial charge is 0.161 e. The van der Waals surface area contributed by atoms with Crippen LogP contribution in [0, 0.1) is 0 Å². The quantitative estimate of drug-likeness (QED) is 0.835. The Bertz CT molecular complexity index is 553. The third kappa shape index (κ3) is 2.91. The minimum absolute atomic E-state index is 0.244. The van der Waals surface area contributed by atoms with Gasteiger partial charge in [0.15, 0.2) is 11.5 Å². The maximum absolute atomic E-state index is 5.96. The van der Waals surface area contributed by atoms with E-state index in [9.17, 15) is 0 Å². The molecule has 1 aromatic carbocycles. The molecule has 1 aliphatic rings. The van der Waals surface area contributed by atoms with Crippen LogP contribution in [0.4, 0.5) is 0 Å². The third-order valence-corrected chi connectivity index (χ3v) is 3.44. The molecule has 0 spiro atoms. The number of hydrogen-bond donors (Lipinski definition) is 0. The van der Waals surface area contributed by atoms with Crippen molar-refractivity contribution in [3.05, 3.63) is 54.4 Å². The fourth-order valence-electron chi connectivity index (χ4n) is 2.37. The summed E-state index contributed by atoms with van der Waals surface area (Å²) in [6.45, 7) is 2.84. The number of rotatable bonds is 5.